The summed E-state index contributed by atoms with van der Waals surface area (Å²) >= 11 is 12.3. The number of hydrogen-bond acceptors (Lipinski definition) is 8. The molecule has 0 spiro atoms. The highest BCUT2D eigenvalue weighted by atomic mass is 35.5. The second kappa shape index (κ2) is 17.1. The fourth-order valence-electron chi connectivity index (χ4n) is 5.58. The minimum absolute atomic E-state index is 0.0133. The van der Waals surface area contributed by atoms with E-state index in [1.807, 2.05) is 18.2 Å². The van der Waals surface area contributed by atoms with Crippen molar-refractivity contribution in [2.75, 3.05) is 6.26 Å². The molecule has 1 amide bonds. The van der Waals surface area contributed by atoms with Crippen molar-refractivity contribution in [2.45, 2.75) is 29.4 Å². The van der Waals surface area contributed by atoms with Crippen molar-refractivity contribution < 1.29 is 40.6 Å². The SMILES string of the molecule is CS(=O)(=O)c1ccc(CN(Cc2cc(CNC(=O)c3cccc(Oc4ccccc4)c3)cc(Oc3ccc(F)cc3)c2)S(=O)(=O)c2cc(Cl)cc(Cl)c2O)cc1. The highest BCUT2D eigenvalue weighted by molar-refractivity contribution is 7.90. The largest absolute Gasteiger partial charge is 0.505 e. The number of benzene rings is 6. The van der Waals surface area contributed by atoms with Gasteiger partial charge in [-0.05, 0) is 108 Å². The van der Waals surface area contributed by atoms with Crippen molar-refractivity contribution in [2.24, 2.45) is 0 Å². The Bertz CT molecular complexity index is 2590. The average molecular weight is 836 g/mol. The molecule has 0 atom stereocenters. The van der Waals surface area contributed by atoms with E-state index in [2.05, 4.69) is 5.32 Å². The fourth-order valence-corrected chi connectivity index (χ4v) is 8.37. The highest BCUT2D eigenvalue weighted by Crippen LogP contribution is 2.37. The lowest BCUT2D eigenvalue weighted by Crippen LogP contribution is -2.30. The number of hydrogen-bond donors (Lipinski definition) is 2. The maximum Gasteiger partial charge on any atom is 0.251 e. The molecule has 0 fully saturated rings. The Balaban J connectivity index is 1.33. The number of nitrogens with zero attached hydrogens (tertiary/aromatic N) is 1. The van der Waals surface area contributed by atoms with Crippen molar-refractivity contribution in [1.82, 2.24) is 9.62 Å². The molecule has 0 saturated carbocycles. The van der Waals surface area contributed by atoms with Crippen molar-refractivity contribution in [3.63, 3.8) is 0 Å². The summed E-state index contributed by atoms with van der Waals surface area (Å²) in [6.07, 6.45) is 1.06. The highest BCUT2D eigenvalue weighted by Gasteiger charge is 2.30. The molecule has 6 aromatic carbocycles. The summed E-state index contributed by atoms with van der Waals surface area (Å²) in [6, 6.07) is 33.9. The molecular formula is C41H33Cl2FN2O8S2. The van der Waals surface area contributed by atoms with E-state index in [0.717, 1.165) is 16.6 Å². The number of nitrogens with one attached hydrogen (secondary N) is 1. The van der Waals surface area contributed by atoms with Crippen LogP contribution < -0.4 is 14.8 Å². The van der Waals surface area contributed by atoms with Crippen LogP contribution in [0.25, 0.3) is 0 Å². The Morgan fingerprint density at radius 3 is 2.02 bits per heavy atom. The number of sulfonamides is 1. The lowest BCUT2D eigenvalue weighted by atomic mass is 10.1. The zero-order valence-corrected chi connectivity index (χ0v) is 32.7. The number of phenolic OH excluding ortho intramolecular Hbond substituents is 1. The molecule has 10 nitrogen and oxygen atoms in total. The van der Waals surface area contributed by atoms with Crippen LogP contribution in [0.4, 0.5) is 4.39 Å². The second-order valence-electron chi connectivity index (χ2n) is 12.6. The van der Waals surface area contributed by atoms with Crippen LogP contribution in [-0.2, 0) is 39.5 Å². The molecular weight excluding hydrogens is 802 g/mol. The van der Waals surface area contributed by atoms with Gasteiger partial charge < -0.3 is 19.9 Å². The molecule has 0 aliphatic heterocycles. The van der Waals surface area contributed by atoms with Crippen LogP contribution >= 0.6 is 23.2 Å². The number of carbonyl (C=O) groups is 1. The maximum absolute atomic E-state index is 14.3. The second-order valence-corrected chi connectivity index (χ2v) is 17.4. The molecule has 2 N–H and O–H groups in total. The predicted molar refractivity (Wildman–Crippen MR) is 211 cm³/mol. The number of para-hydroxylation sites is 1. The van der Waals surface area contributed by atoms with E-state index in [1.165, 1.54) is 54.6 Å². The Morgan fingerprint density at radius 2 is 1.32 bits per heavy atom. The van der Waals surface area contributed by atoms with E-state index in [1.54, 1.807) is 54.6 Å². The monoisotopic (exact) mass is 834 g/mol. The molecule has 0 unspecified atom stereocenters. The van der Waals surface area contributed by atoms with E-state index in [4.69, 9.17) is 32.7 Å². The van der Waals surface area contributed by atoms with E-state index in [0.29, 0.717) is 39.5 Å². The van der Waals surface area contributed by atoms with E-state index in [9.17, 15) is 31.1 Å². The molecule has 6 rings (SSSR count). The Labute approximate surface area is 333 Å². The van der Waals surface area contributed by atoms with Gasteiger partial charge in [0.2, 0.25) is 10.0 Å². The fraction of sp³-hybridized carbons (Fsp3) is 0.0976. The summed E-state index contributed by atoms with van der Waals surface area (Å²) in [4.78, 5) is 12.8. The quantitative estimate of drug-likeness (QED) is 0.111. The minimum atomic E-state index is -4.56. The first kappa shape index (κ1) is 40.2. The summed E-state index contributed by atoms with van der Waals surface area (Å²) in [5, 5.41) is 13.3. The first-order chi connectivity index (χ1) is 26.6. The predicted octanol–water partition coefficient (Wildman–Crippen LogP) is 9.15. The molecule has 0 radical (unpaired) electrons. The summed E-state index contributed by atoms with van der Waals surface area (Å²) in [5.41, 5.74) is 1.68. The molecule has 288 valence electrons. The van der Waals surface area contributed by atoms with E-state index < -0.39 is 42.2 Å². The third kappa shape index (κ3) is 10.2. The van der Waals surface area contributed by atoms with Crippen molar-refractivity contribution in [3.8, 4) is 28.7 Å². The summed E-state index contributed by atoms with van der Waals surface area (Å²) in [6.45, 7) is -0.590. The molecule has 0 heterocycles. The van der Waals surface area contributed by atoms with Gasteiger partial charge in [0, 0.05) is 36.5 Å². The van der Waals surface area contributed by atoms with Crippen molar-refractivity contribution >= 4 is 49.0 Å². The van der Waals surface area contributed by atoms with Crippen molar-refractivity contribution in [1.29, 1.82) is 0 Å². The summed E-state index contributed by atoms with van der Waals surface area (Å²) in [5.74, 6) is 0.0187. The van der Waals surface area contributed by atoms with Gasteiger partial charge in [-0.2, -0.15) is 4.31 Å². The molecule has 56 heavy (non-hydrogen) atoms. The molecule has 0 bridgehead atoms. The van der Waals surface area contributed by atoms with Gasteiger partial charge >= 0.3 is 0 Å². The number of halogens is 3. The zero-order valence-electron chi connectivity index (χ0n) is 29.5. The van der Waals surface area contributed by atoms with Gasteiger partial charge in [-0.15, -0.1) is 0 Å². The summed E-state index contributed by atoms with van der Waals surface area (Å²) < 4.78 is 79.5. The number of aromatic hydroxyl groups is 1. The normalized spacial score (nSPS) is 11.7. The lowest BCUT2D eigenvalue weighted by molar-refractivity contribution is 0.0950. The minimum Gasteiger partial charge on any atom is -0.505 e. The van der Waals surface area contributed by atoms with Gasteiger partial charge in [0.15, 0.2) is 15.6 Å². The topological polar surface area (TPSA) is 139 Å². The number of rotatable bonds is 14. The molecule has 0 saturated heterocycles. The molecule has 0 aliphatic rings. The smallest absolute Gasteiger partial charge is 0.251 e. The van der Waals surface area contributed by atoms with Crippen LogP contribution in [0.15, 0.2) is 143 Å². The Kier molecular flexibility index (Phi) is 12.3. The number of amides is 1. The van der Waals surface area contributed by atoms with Crippen LogP contribution in [0.1, 0.15) is 27.0 Å². The molecule has 6 aromatic rings. The molecule has 0 aliphatic carbocycles. The van der Waals surface area contributed by atoms with E-state index >= 15 is 0 Å². The third-order valence-electron chi connectivity index (χ3n) is 8.28. The van der Waals surface area contributed by atoms with Crippen LogP contribution in [0.5, 0.6) is 28.7 Å². The van der Waals surface area contributed by atoms with Crippen LogP contribution in [0.3, 0.4) is 0 Å². The third-order valence-corrected chi connectivity index (χ3v) is 11.7. The maximum atomic E-state index is 14.3. The van der Waals surface area contributed by atoms with E-state index in [-0.39, 0.29) is 40.3 Å². The Hall–Kier alpha value is -5.44. The summed E-state index contributed by atoms with van der Waals surface area (Å²) in [7, 11) is -8.09. The van der Waals surface area contributed by atoms with Gasteiger partial charge in [-0.1, -0.05) is 65.7 Å². The lowest BCUT2D eigenvalue weighted by Gasteiger charge is -2.24. The number of phenols is 1. The van der Waals surface area contributed by atoms with Crippen LogP contribution in [-0.4, -0.2) is 38.4 Å². The van der Waals surface area contributed by atoms with Crippen LogP contribution in [0.2, 0.25) is 10.0 Å². The first-order valence-electron chi connectivity index (χ1n) is 16.8. The standard InChI is InChI=1S/C41H33Cl2FN2O8S2/c1-55(49,50)37-16-10-27(11-17-37)25-46(56(51,52)39-23-31(42)22-38(43)40(39)47)26-29-18-28(19-36(20-29)54-34-14-12-32(44)13-15-34)24-45-41(48)30-6-5-9-35(21-30)53-33-7-3-2-4-8-33/h2-23,47H,24-26H2,1H3,(H,45,48). The zero-order chi connectivity index (χ0) is 40.0. The number of ether oxygens (including phenoxy) is 2. The van der Waals surface area contributed by atoms with Gasteiger partial charge in [0.05, 0.1) is 9.92 Å². The van der Waals surface area contributed by atoms with Crippen molar-refractivity contribution in [3.05, 3.63) is 172 Å². The average Bonchev–Trinajstić information content (AvgIpc) is 3.16. The van der Waals surface area contributed by atoms with Gasteiger partial charge in [-0.25, -0.2) is 21.2 Å². The first-order valence-corrected chi connectivity index (χ1v) is 20.9. The number of sulfone groups is 1. The van der Waals surface area contributed by atoms with Gasteiger partial charge in [0.25, 0.3) is 5.91 Å². The molecule has 0 aromatic heterocycles. The Morgan fingerprint density at radius 1 is 0.696 bits per heavy atom. The number of carbonyl (C=O) groups excluding carboxylic acids is 1. The molecule has 15 heteroatoms. The van der Waals surface area contributed by atoms with Gasteiger partial charge in [-0.3, -0.25) is 4.79 Å². The van der Waals surface area contributed by atoms with Crippen LogP contribution in [0, 0.1) is 5.82 Å². The van der Waals surface area contributed by atoms with Gasteiger partial charge in [0.1, 0.15) is 33.7 Å².